The molecule has 0 aliphatic heterocycles. The second kappa shape index (κ2) is 5.73. The Hall–Kier alpha value is -1.75. The van der Waals surface area contributed by atoms with Crippen molar-refractivity contribution in [2.24, 2.45) is 0 Å². The zero-order chi connectivity index (χ0) is 13.0. The summed E-state index contributed by atoms with van der Waals surface area (Å²) < 4.78 is 0.689. The van der Waals surface area contributed by atoms with Crippen molar-refractivity contribution in [3.8, 4) is 0 Å². The van der Waals surface area contributed by atoms with Crippen molar-refractivity contribution in [3.05, 3.63) is 52.4 Å². The molecule has 2 rings (SSSR count). The maximum absolute atomic E-state index is 11.8. The number of aromatic nitrogens is 2. The van der Waals surface area contributed by atoms with Crippen molar-refractivity contribution >= 4 is 27.7 Å². The summed E-state index contributed by atoms with van der Waals surface area (Å²) in [4.78, 5) is 20.2. The number of hydrogen-bond donors (Lipinski definition) is 1. The number of hydrogen-bond acceptors (Lipinski definition) is 3. The molecular formula is C13H12BrN3O. The molecule has 0 atom stereocenters. The number of nitrogens with one attached hydrogen (secondary N) is 1. The minimum Gasteiger partial charge on any atom is -0.310 e. The molecule has 0 saturated carbocycles. The standard InChI is InChI=1S/C13H12BrN3O/c1-9-4-3-7-15-10(9)8-13(18)17-12-6-2-5-11(14)16-12/h2-7H,8H2,1H3,(H,16,17,18). The summed E-state index contributed by atoms with van der Waals surface area (Å²) in [6.45, 7) is 1.94. The number of amides is 1. The molecule has 18 heavy (non-hydrogen) atoms. The van der Waals surface area contributed by atoms with E-state index in [4.69, 9.17) is 0 Å². The maximum atomic E-state index is 11.8. The van der Waals surface area contributed by atoms with Crippen LogP contribution in [0, 0.1) is 6.92 Å². The Morgan fingerprint density at radius 3 is 2.89 bits per heavy atom. The van der Waals surface area contributed by atoms with Crippen LogP contribution in [0.2, 0.25) is 0 Å². The Labute approximate surface area is 114 Å². The number of carbonyl (C=O) groups is 1. The highest BCUT2D eigenvalue weighted by Crippen LogP contribution is 2.11. The van der Waals surface area contributed by atoms with E-state index in [-0.39, 0.29) is 12.3 Å². The highest BCUT2D eigenvalue weighted by atomic mass is 79.9. The molecule has 5 heteroatoms. The smallest absolute Gasteiger partial charge is 0.231 e. The molecule has 0 bridgehead atoms. The first-order chi connectivity index (χ1) is 8.65. The zero-order valence-electron chi connectivity index (χ0n) is 9.85. The number of nitrogens with zero attached hydrogens (tertiary/aromatic N) is 2. The van der Waals surface area contributed by atoms with E-state index in [0.29, 0.717) is 10.4 Å². The monoisotopic (exact) mass is 305 g/mol. The summed E-state index contributed by atoms with van der Waals surface area (Å²) in [7, 11) is 0. The van der Waals surface area contributed by atoms with Gasteiger partial charge in [-0.2, -0.15) is 0 Å². The Morgan fingerprint density at radius 2 is 2.17 bits per heavy atom. The van der Waals surface area contributed by atoms with Gasteiger partial charge in [0.1, 0.15) is 10.4 Å². The quantitative estimate of drug-likeness (QED) is 0.887. The summed E-state index contributed by atoms with van der Waals surface area (Å²) in [5.74, 6) is 0.408. The van der Waals surface area contributed by atoms with E-state index < -0.39 is 0 Å². The average Bonchev–Trinajstić information content (AvgIpc) is 2.32. The first-order valence-electron chi connectivity index (χ1n) is 5.48. The molecule has 0 unspecified atom stereocenters. The molecule has 0 aliphatic rings. The highest BCUT2D eigenvalue weighted by Gasteiger charge is 2.07. The lowest BCUT2D eigenvalue weighted by atomic mass is 10.1. The number of pyridine rings is 2. The van der Waals surface area contributed by atoms with Crippen LogP contribution in [-0.2, 0) is 11.2 Å². The van der Waals surface area contributed by atoms with E-state index in [1.54, 1.807) is 18.3 Å². The summed E-state index contributed by atoms with van der Waals surface area (Å²) >= 11 is 3.26. The Balaban J connectivity index is 2.03. The summed E-state index contributed by atoms with van der Waals surface area (Å²) in [6.07, 6.45) is 1.94. The van der Waals surface area contributed by atoms with E-state index in [9.17, 15) is 4.79 Å². The van der Waals surface area contributed by atoms with E-state index in [2.05, 4.69) is 31.2 Å². The lowest BCUT2D eigenvalue weighted by Crippen LogP contribution is -2.16. The molecule has 0 saturated heterocycles. The van der Waals surface area contributed by atoms with Gasteiger partial charge in [0.25, 0.3) is 0 Å². The van der Waals surface area contributed by atoms with E-state index in [1.807, 2.05) is 25.1 Å². The van der Waals surface area contributed by atoms with Crippen molar-refractivity contribution in [1.29, 1.82) is 0 Å². The topological polar surface area (TPSA) is 54.9 Å². The predicted octanol–water partition coefficient (Wildman–Crippen LogP) is 2.73. The second-order valence-electron chi connectivity index (χ2n) is 3.84. The third-order valence-corrected chi connectivity index (χ3v) is 2.87. The molecular weight excluding hydrogens is 294 g/mol. The number of anilines is 1. The van der Waals surface area contributed by atoms with Crippen LogP contribution in [0.25, 0.3) is 0 Å². The molecule has 0 radical (unpaired) electrons. The molecule has 1 N–H and O–H groups in total. The molecule has 0 spiro atoms. The van der Waals surface area contributed by atoms with Crippen LogP contribution in [0.15, 0.2) is 41.1 Å². The maximum Gasteiger partial charge on any atom is 0.231 e. The number of aryl methyl sites for hydroxylation is 1. The van der Waals surface area contributed by atoms with Gasteiger partial charge in [-0.3, -0.25) is 9.78 Å². The van der Waals surface area contributed by atoms with Crippen molar-refractivity contribution in [2.75, 3.05) is 5.32 Å². The first-order valence-corrected chi connectivity index (χ1v) is 6.27. The fourth-order valence-corrected chi connectivity index (χ4v) is 1.86. The van der Waals surface area contributed by atoms with Crippen molar-refractivity contribution in [2.45, 2.75) is 13.3 Å². The van der Waals surface area contributed by atoms with E-state index >= 15 is 0 Å². The Morgan fingerprint density at radius 1 is 1.33 bits per heavy atom. The minimum absolute atomic E-state index is 0.123. The molecule has 1 amide bonds. The average molecular weight is 306 g/mol. The van der Waals surface area contributed by atoms with Crippen LogP contribution in [0.5, 0.6) is 0 Å². The third kappa shape index (κ3) is 3.37. The van der Waals surface area contributed by atoms with Gasteiger partial charge in [-0.1, -0.05) is 12.1 Å². The van der Waals surface area contributed by atoms with Crippen LogP contribution < -0.4 is 5.32 Å². The van der Waals surface area contributed by atoms with E-state index in [1.165, 1.54) is 0 Å². The minimum atomic E-state index is -0.123. The lowest BCUT2D eigenvalue weighted by molar-refractivity contribution is -0.115. The van der Waals surface area contributed by atoms with Gasteiger partial charge in [-0.25, -0.2) is 4.98 Å². The van der Waals surface area contributed by atoms with Crippen molar-refractivity contribution in [3.63, 3.8) is 0 Å². The van der Waals surface area contributed by atoms with Gasteiger partial charge < -0.3 is 5.32 Å². The van der Waals surface area contributed by atoms with Gasteiger partial charge in [-0.05, 0) is 46.6 Å². The summed E-state index contributed by atoms with van der Waals surface area (Å²) in [5, 5.41) is 2.74. The van der Waals surface area contributed by atoms with Gasteiger partial charge in [0, 0.05) is 6.20 Å². The van der Waals surface area contributed by atoms with E-state index in [0.717, 1.165) is 11.3 Å². The van der Waals surface area contributed by atoms with Crippen LogP contribution in [0.4, 0.5) is 5.82 Å². The molecule has 92 valence electrons. The summed E-state index contributed by atoms with van der Waals surface area (Å²) in [6, 6.07) is 9.16. The molecule has 0 aromatic carbocycles. The predicted molar refractivity (Wildman–Crippen MR) is 73.2 cm³/mol. The molecule has 0 aliphatic carbocycles. The van der Waals surface area contributed by atoms with Crippen LogP contribution >= 0.6 is 15.9 Å². The molecule has 2 heterocycles. The fraction of sp³-hybridized carbons (Fsp3) is 0.154. The number of carbonyl (C=O) groups excluding carboxylic acids is 1. The van der Waals surface area contributed by atoms with Gasteiger partial charge >= 0.3 is 0 Å². The normalized spacial score (nSPS) is 10.1. The number of halogens is 1. The first kappa shape index (κ1) is 12.7. The largest absolute Gasteiger partial charge is 0.310 e. The van der Waals surface area contributed by atoms with Gasteiger partial charge in [0.05, 0.1) is 12.1 Å². The van der Waals surface area contributed by atoms with Crippen LogP contribution in [-0.4, -0.2) is 15.9 Å². The zero-order valence-corrected chi connectivity index (χ0v) is 11.4. The third-order valence-electron chi connectivity index (χ3n) is 2.43. The summed E-state index contributed by atoms with van der Waals surface area (Å²) in [5.41, 5.74) is 1.79. The lowest BCUT2D eigenvalue weighted by Gasteiger charge is -2.06. The number of rotatable bonds is 3. The van der Waals surface area contributed by atoms with Gasteiger partial charge in [0.2, 0.25) is 5.91 Å². The molecule has 2 aromatic heterocycles. The fourth-order valence-electron chi connectivity index (χ4n) is 1.52. The Kier molecular flexibility index (Phi) is 4.04. The molecule has 4 nitrogen and oxygen atoms in total. The Bertz CT molecular complexity index is 572. The SMILES string of the molecule is Cc1cccnc1CC(=O)Nc1cccc(Br)n1. The van der Waals surface area contributed by atoms with Crippen LogP contribution in [0.3, 0.4) is 0 Å². The van der Waals surface area contributed by atoms with Crippen molar-refractivity contribution in [1.82, 2.24) is 9.97 Å². The molecule has 0 fully saturated rings. The van der Waals surface area contributed by atoms with Gasteiger partial charge in [0.15, 0.2) is 0 Å². The van der Waals surface area contributed by atoms with Crippen molar-refractivity contribution < 1.29 is 4.79 Å². The second-order valence-corrected chi connectivity index (χ2v) is 4.65. The van der Waals surface area contributed by atoms with Crippen LogP contribution in [0.1, 0.15) is 11.3 Å². The van der Waals surface area contributed by atoms with Gasteiger partial charge in [-0.15, -0.1) is 0 Å². The highest BCUT2D eigenvalue weighted by molar-refractivity contribution is 9.10. The molecule has 2 aromatic rings.